The van der Waals surface area contributed by atoms with Crippen LogP contribution >= 0.6 is 12.2 Å². The van der Waals surface area contributed by atoms with E-state index in [1.54, 1.807) is 18.2 Å². The van der Waals surface area contributed by atoms with Crippen molar-refractivity contribution < 1.29 is 9.90 Å². The Kier molecular flexibility index (Phi) is 3.44. The van der Waals surface area contributed by atoms with Crippen LogP contribution in [0.5, 0.6) is 5.75 Å². The van der Waals surface area contributed by atoms with Gasteiger partial charge in [0.15, 0.2) is 10.9 Å². The number of hydrogen-bond donors (Lipinski definition) is 3. The third-order valence-corrected chi connectivity index (χ3v) is 4.09. The van der Waals surface area contributed by atoms with Gasteiger partial charge in [0.1, 0.15) is 5.75 Å². The molecule has 1 aromatic carbocycles. The number of nitrogens with one attached hydrogen (secondary N) is 2. The molecule has 0 fully saturated rings. The van der Waals surface area contributed by atoms with Gasteiger partial charge in [-0.15, -0.1) is 0 Å². The molecule has 1 atom stereocenters. The van der Waals surface area contributed by atoms with Gasteiger partial charge in [-0.2, -0.15) is 0 Å². The molecule has 1 aliphatic carbocycles. The monoisotopic (exact) mass is 288 g/mol. The molecule has 2 aliphatic rings. The van der Waals surface area contributed by atoms with Gasteiger partial charge in [-0.05, 0) is 61.3 Å². The minimum atomic E-state index is -0.00769. The van der Waals surface area contributed by atoms with E-state index in [1.165, 1.54) is 0 Å². The van der Waals surface area contributed by atoms with E-state index < -0.39 is 0 Å². The number of thiocarbonyl (C=S) groups is 1. The van der Waals surface area contributed by atoms with Crippen molar-refractivity contribution in [1.82, 2.24) is 10.6 Å². The van der Waals surface area contributed by atoms with Gasteiger partial charge in [-0.1, -0.05) is 0 Å². The van der Waals surface area contributed by atoms with Crippen molar-refractivity contribution in [2.24, 2.45) is 5.92 Å². The lowest BCUT2D eigenvalue weighted by atomic mass is 9.80. The first kappa shape index (κ1) is 13.1. The first-order chi connectivity index (χ1) is 9.63. The average Bonchev–Trinajstić information content (AvgIpc) is 2.42. The largest absolute Gasteiger partial charge is 0.508 e. The Bertz CT molecular complexity index is 610. The Morgan fingerprint density at radius 1 is 1.40 bits per heavy atom. The smallest absolute Gasteiger partial charge is 0.170 e. The Labute approximate surface area is 122 Å². The summed E-state index contributed by atoms with van der Waals surface area (Å²) >= 11 is 5.08. The molecule has 4 nitrogen and oxygen atoms in total. The second-order valence-electron chi connectivity index (χ2n) is 5.21. The molecular formula is C15H16N2O2S. The molecule has 5 heteroatoms. The maximum atomic E-state index is 12.5. The summed E-state index contributed by atoms with van der Waals surface area (Å²) in [6.45, 7) is 0.715. The van der Waals surface area contributed by atoms with Gasteiger partial charge in [-0.25, -0.2) is 0 Å². The summed E-state index contributed by atoms with van der Waals surface area (Å²) in [6, 6.07) is 5.00. The number of carbonyl (C=O) groups is 1. The number of ketones is 1. The second kappa shape index (κ2) is 5.25. The molecule has 0 bridgehead atoms. The number of rotatable bonds is 2. The van der Waals surface area contributed by atoms with Crippen molar-refractivity contribution in [2.75, 3.05) is 6.54 Å². The molecule has 1 aliphatic heterocycles. The minimum absolute atomic E-state index is 0.00769. The van der Waals surface area contributed by atoms with Crippen molar-refractivity contribution in [2.45, 2.75) is 19.3 Å². The normalized spacial score (nSPS) is 21.6. The van der Waals surface area contributed by atoms with Crippen molar-refractivity contribution in [3.63, 3.8) is 0 Å². The fourth-order valence-corrected chi connectivity index (χ4v) is 3.03. The molecule has 0 amide bonds. The highest BCUT2D eigenvalue weighted by Crippen LogP contribution is 2.31. The zero-order valence-electron chi connectivity index (χ0n) is 11.0. The van der Waals surface area contributed by atoms with Crippen molar-refractivity contribution in [3.8, 4) is 5.75 Å². The van der Waals surface area contributed by atoms with Crippen LogP contribution in [0.1, 0.15) is 28.8 Å². The Hall–Kier alpha value is -1.88. The number of carbonyl (C=O) groups excluding carboxylic acids is 1. The Morgan fingerprint density at radius 2 is 2.25 bits per heavy atom. The predicted octanol–water partition coefficient (Wildman–Crippen LogP) is 1.89. The van der Waals surface area contributed by atoms with E-state index in [1.807, 2.05) is 6.08 Å². The zero-order chi connectivity index (χ0) is 14.1. The lowest BCUT2D eigenvalue weighted by Crippen LogP contribution is -2.40. The van der Waals surface area contributed by atoms with Crippen LogP contribution in [0.4, 0.5) is 0 Å². The number of aromatic hydroxyl groups is 1. The van der Waals surface area contributed by atoms with Crippen LogP contribution in [0.2, 0.25) is 0 Å². The highest BCUT2D eigenvalue weighted by molar-refractivity contribution is 7.80. The number of allylic oxidation sites excluding steroid dienone is 1. The molecule has 0 spiro atoms. The lowest BCUT2D eigenvalue weighted by molar-refractivity contribution is 0.0900. The molecule has 20 heavy (non-hydrogen) atoms. The Morgan fingerprint density at radius 3 is 3.05 bits per heavy atom. The van der Waals surface area contributed by atoms with E-state index in [0.29, 0.717) is 18.1 Å². The van der Waals surface area contributed by atoms with Crippen LogP contribution in [-0.4, -0.2) is 22.5 Å². The topological polar surface area (TPSA) is 61.4 Å². The summed E-state index contributed by atoms with van der Waals surface area (Å²) in [4.78, 5) is 12.5. The average molecular weight is 288 g/mol. The van der Waals surface area contributed by atoms with Crippen LogP contribution < -0.4 is 10.6 Å². The number of aryl methyl sites for hydroxylation is 1. The molecule has 0 saturated carbocycles. The number of benzene rings is 1. The van der Waals surface area contributed by atoms with Crippen molar-refractivity contribution >= 4 is 23.1 Å². The molecule has 1 heterocycles. The quantitative estimate of drug-likeness (QED) is 0.726. The number of phenols is 1. The summed E-state index contributed by atoms with van der Waals surface area (Å²) in [6.07, 6.45) is 4.38. The summed E-state index contributed by atoms with van der Waals surface area (Å²) in [5, 5.41) is 16.2. The van der Waals surface area contributed by atoms with Crippen LogP contribution in [0, 0.1) is 5.92 Å². The van der Waals surface area contributed by atoms with Gasteiger partial charge in [0.2, 0.25) is 0 Å². The molecule has 3 rings (SSSR count). The van der Waals surface area contributed by atoms with Gasteiger partial charge >= 0.3 is 0 Å². The number of phenolic OH excluding ortho intramolecular Hbond substituents is 1. The van der Waals surface area contributed by atoms with Crippen LogP contribution in [0.15, 0.2) is 30.0 Å². The molecular weight excluding hydrogens is 272 g/mol. The molecule has 104 valence electrons. The first-order valence-electron chi connectivity index (χ1n) is 6.73. The molecule has 1 aromatic rings. The van der Waals surface area contributed by atoms with Crippen molar-refractivity contribution in [3.05, 3.63) is 41.1 Å². The number of fused-ring (bicyclic) bond motifs is 1. The third-order valence-electron chi connectivity index (χ3n) is 3.84. The highest BCUT2D eigenvalue weighted by Gasteiger charge is 2.28. The van der Waals surface area contributed by atoms with Crippen LogP contribution in [0.3, 0.4) is 0 Å². The number of Topliss-reactive ketones (excluding diaryl/α,β-unsaturated/α-hetero) is 1. The van der Waals surface area contributed by atoms with Gasteiger partial charge in [-0.3, -0.25) is 4.79 Å². The van der Waals surface area contributed by atoms with Gasteiger partial charge in [0, 0.05) is 23.7 Å². The van der Waals surface area contributed by atoms with E-state index in [0.717, 1.165) is 29.7 Å². The van der Waals surface area contributed by atoms with Crippen molar-refractivity contribution in [1.29, 1.82) is 0 Å². The minimum Gasteiger partial charge on any atom is -0.508 e. The zero-order valence-corrected chi connectivity index (χ0v) is 11.8. The van der Waals surface area contributed by atoms with E-state index in [2.05, 4.69) is 10.6 Å². The van der Waals surface area contributed by atoms with Gasteiger partial charge in [0.25, 0.3) is 0 Å². The summed E-state index contributed by atoms with van der Waals surface area (Å²) < 4.78 is 0. The fourth-order valence-electron chi connectivity index (χ4n) is 2.81. The highest BCUT2D eigenvalue weighted by atomic mass is 32.1. The first-order valence-corrected chi connectivity index (χ1v) is 7.14. The Balaban J connectivity index is 1.77. The van der Waals surface area contributed by atoms with Crippen LogP contribution in [-0.2, 0) is 6.42 Å². The van der Waals surface area contributed by atoms with Crippen LogP contribution in [0.25, 0.3) is 0 Å². The lowest BCUT2D eigenvalue weighted by Gasteiger charge is -2.26. The van der Waals surface area contributed by atoms with Gasteiger partial charge < -0.3 is 15.7 Å². The maximum Gasteiger partial charge on any atom is 0.170 e. The number of hydrogen-bond acceptors (Lipinski definition) is 3. The summed E-state index contributed by atoms with van der Waals surface area (Å²) in [7, 11) is 0. The molecule has 3 N–H and O–H groups in total. The molecule has 0 saturated heterocycles. The molecule has 0 aromatic heterocycles. The second-order valence-corrected chi connectivity index (χ2v) is 5.62. The predicted molar refractivity (Wildman–Crippen MR) is 80.7 cm³/mol. The van der Waals surface area contributed by atoms with E-state index in [-0.39, 0.29) is 17.5 Å². The van der Waals surface area contributed by atoms with E-state index >= 15 is 0 Å². The molecule has 0 radical (unpaired) electrons. The molecule has 1 unspecified atom stereocenters. The maximum absolute atomic E-state index is 12.5. The van der Waals surface area contributed by atoms with E-state index in [9.17, 15) is 9.90 Å². The fraction of sp³-hybridized carbons (Fsp3) is 0.333. The summed E-state index contributed by atoms with van der Waals surface area (Å²) in [5.41, 5.74) is 2.72. The standard InChI is InChI=1S/C15H16N2O2S/c18-12-3-4-13-9(8-12)1-2-10(14(13)19)7-11-5-6-16-15(20)17-11/h3-5,8,10,18H,1-2,6-7H2,(H2,16,17,20). The summed E-state index contributed by atoms with van der Waals surface area (Å²) in [5.74, 6) is 0.383. The third kappa shape index (κ3) is 2.54. The SMILES string of the molecule is O=C1c2ccc(O)cc2CCC1CC1=CCNC(=S)N1. The van der Waals surface area contributed by atoms with Gasteiger partial charge in [0.05, 0.1) is 0 Å². The van der Waals surface area contributed by atoms with E-state index in [4.69, 9.17) is 12.2 Å².